The van der Waals surface area contributed by atoms with Crippen molar-refractivity contribution in [3.05, 3.63) is 0 Å². The molecule has 0 heterocycles. The van der Waals surface area contributed by atoms with E-state index in [2.05, 4.69) is 0 Å². The van der Waals surface area contributed by atoms with Crippen LogP contribution in [0.3, 0.4) is 0 Å². The van der Waals surface area contributed by atoms with E-state index in [0.29, 0.717) is 5.88 Å². The van der Waals surface area contributed by atoms with E-state index in [1.165, 1.54) is 0 Å². The zero-order valence-corrected chi connectivity index (χ0v) is 10.9. The molecule has 0 spiro atoms. The van der Waals surface area contributed by atoms with Gasteiger partial charge in [-0.15, -0.1) is 11.6 Å². The molecule has 84 valence electrons. The summed E-state index contributed by atoms with van der Waals surface area (Å²) < 4.78 is 0. The van der Waals surface area contributed by atoms with Crippen molar-refractivity contribution in [1.82, 2.24) is 4.90 Å². The predicted molar refractivity (Wildman–Crippen MR) is 61.6 cm³/mol. The summed E-state index contributed by atoms with van der Waals surface area (Å²) in [7, 11) is 0. The highest BCUT2D eigenvalue weighted by Gasteiger charge is 2.35. The molecule has 0 aliphatic carbocycles. The molecular formula is C11H22ClNO. The molecule has 0 aliphatic rings. The molecule has 0 radical (unpaired) electrons. The van der Waals surface area contributed by atoms with Crippen molar-refractivity contribution in [2.45, 2.75) is 47.1 Å². The average Bonchev–Trinajstić information content (AvgIpc) is 2.03. The summed E-state index contributed by atoms with van der Waals surface area (Å²) in [5.41, 5.74) is -0.597. The smallest absolute Gasteiger partial charge is 0.229 e. The molecule has 0 bridgehead atoms. The van der Waals surface area contributed by atoms with Gasteiger partial charge in [-0.3, -0.25) is 4.79 Å². The van der Waals surface area contributed by atoms with Crippen LogP contribution in [-0.4, -0.2) is 28.8 Å². The maximum Gasteiger partial charge on any atom is 0.229 e. The Labute approximate surface area is 92.6 Å². The second kappa shape index (κ2) is 4.52. The molecule has 0 aromatic rings. The number of carbonyl (C=O) groups excluding carboxylic acids is 1. The molecule has 0 saturated heterocycles. The van der Waals surface area contributed by atoms with Gasteiger partial charge in [-0.2, -0.15) is 0 Å². The van der Waals surface area contributed by atoms with Gasteiger partial charge in [0.1, 0.15) is 0 Å². The highest BCUT2D eigenvalue weighted by atomic mass is 35.5. The zero-order chi connectivity index (χ0) is 11.6. The van der Waals surface area contributed by atoms with Crippen LogP contribution in [0.5, 0.6) is 0 Å². The maximum absolute atomic E-state index is 12.1. The first-order chi connectivity index (χ1) is 6.16. The Morgan fingerprint density at radius 1 is 1.21 bits per heavy atom. The standard InChI is InChI=1S/C11H22ClNO/c1-7-13(10(2,3)4)9(14)11(5,6)8-12/h7-8H2,1-6H3. The van der Waals surface area contributed by atoms with E-state index in [0.717, 1.165) is 6.54 Å². The van der Waals surface area contributed by atoms with Gasteiger partial charge in [0.2, 0.25) is 5.91 Å². The fraction of sp³-hybridized carbons (Fsp3) is 0.909. The molecule has 0 atom stereocenters. The van der Waals surface area contributed by atoms with Crippen LogP contribution in [0.1, 0.15) is 41.5 Å². The quantitative estimate of drug-likeness (QED) is 0.669. The maximum atomic E-state index is 12.1. The van der Waals surface area contributed by atoms with Gasteiger partial charge in [0.15, 0.2) is 0 Å². The van der Waals surface area contributed by atoms with Crippen molar-refractivity contribution in [2.75, 3.05) is 12.4 Å². The third kappa shape index (κ3) is 3.16. The van der Waals surface area contributed by atoms with Gasteiger partial charge >= 0.3 is 0 Å². The summed E-state index contributed by atoms with van der Waals surface area (Å²) in [6.07, 6.45) is 0. The number of hydrogen-bond acceptors (Lipinski definition) is 1. The normalized spacial score (nSPS) is 12.8. The number of halogens is 1. The molecule has 0 N–H and O–H groups in total. The van der Waals surface area contributed by atoms with Crippen LogP contribution >= 0.6 is 11.6 Å². The van der Waals surface area contributed by atoms with Crippen LogP contribution in [0.4, 0.5) is 0 Å². The summed E-state index contributed by atoms with van der Waals surface area (Å²) in [6.45, 7) is 12.6. The number of rotatable bonds is 3. The first-order valence-electron chi connectivity index (χ1n) is 5.05. The zero-order valence-electron chi connectivity index (χ0n) is 10.1. The molecule has 0 aliphatic heterocycles. The van der Waals surface area contributed by atoms with Crippen LogP contribution in [0, 0.1) is 5.41 Å². The molecule has 0 fully saturated rings. The van der Waals surface area contributed by atoms with Crippen molar-refractivity contribution >= 4 is 17.5 Å². The fourth-order valence-electron chi connectivity index (χ4n) is 1.35. The van der Waals surface area contributed by atoms with Crippen molar-refractivity contribution in [1.29, 1.82) is 0 Å². The van der Waals surface area contributed by atoms with E-state index < -0.39 is 5.41 Å². The van der Waals surface area contributed by atoms with Crippen molar-refractivity contribution in [2.24, 2.45) is 5.41 Å². The third-order valence-corrected chi connectivity index (χ3v) is 2.95. The van der Waals surface area contributed by atoms with Gasteiger partial charge in [0.25, 0.3) is 0 Å². The molecule has 0 rings (SSSR count). The van der Waals surface area contributed by atoms with Crippen molar-refractivity contribution in [3.8, 4) is 0 Å². The summed E-state index contributed by atoms with van der Waals surface area (Å²) in [4.78, 5) is 14.0. The lowest BCUT2D eigenvalue weighted by Gasteiger charge is -2.39. The van der Waals surface area contributed by atoms with Gasteiger partial charge in [0.05, 0.1) is 5.41 Å². The minimum Gasteiger partial charge on any atom is -0.338 e. The Bertz CT molecular complexity index is 206. The topological polar surface area (TPSA) is 20.3 Å². The van der Waals surface area contributed by atoms with E-state index in [1.54, 1.807) is 0 Å². The summed E-state index contributed by atoms with van der Waals surface area (Å²) in [6, 6.07) is 0. The van der Waals surface area contributed by atoms with E-state index in [4.69, 9.17) is 11.6 Å². The van der Waals surface area contributed by atoms with Crippen LogP contribution in [0.2, 0.25) is 0 Å². The van der Waals surface area contributed by atoms with Crippen LogP contribution < -0.4 is 0 Å². The van der Waals surface area contributed by atoms with Crippen LogP contribution in [0.25, 0.3) is 0 Å². The fourth-order valence-corrected chi connectivity index (χ4v) is 1.46. The molecule has 0 aromatic carbocycles. The highest BCUT2D eigenvalue weighted by molar-refractivity contribution is 6.19. The molecule has 0 aromatic heterocycles. The van der Waals surface area contributed by atoms with Gasteiger partial charge in [-0.25, -0.2) is 0 Å². The molecule has 0 unspecified atom stereocenters. The largest absolute Gasteiger partial charge is 0.338 e. The Hall–Kier alpha value is -0.240. The van der Waals surface area contributed by atoms with E-state index in [9.17, 15) is 4.79 Å². The molecule has 14 heavy (non-hydrogen) atoms. The van der Waals surface area contributed by atoms with E-state index in [1.807, 2.05) is 46.4 Å². The molecule has 0 saturated carbocycles. The van der Waals surface area contributed by atoms with Gasteiger partial charge in [-0.05, 0) is 41.5 Å². The van der Waals surface area contributed by atoms with E-state index >= 15 is 0 Å². The number of nitrogens with zero attached hydrogens (tertiary/aromatic N) is 1. The summed E-state index contributed by atoms with van der Waals surface area (Å²) >= 11 is 5.79. The Balaban J connectivity index is 4.81. The van der Waals surface area contributed by atoms with Gasteiger partial charge in [0, 0.05) is 18.0 Å². The SMILES string of the molecule is CCN(C(=O)C(C)(C)CCl)C(C)(C)C. The number of hydrogen-bond donors (Lipinski definition) is 0. The molecule has 3 heteroatoms. The summed E-state index contributed by atoms with van der Waals surface area (Å²) in [5, 5.41) is 0. The monoisotopic (exact) mass is 219 g/mol. The second-order valence-corrected chi connectivity index (χ2v) is 5.51. The van der Waals surface area contributed by atoms with Crippen LogP contribution in [-0.2, 0) is 4.79 Å². The predicted octanol–water partition coefficient (Wildman–Crippen LogP) is 2.90. The molecule has 2 nitrogen and oxygen atoms in total. The Morgan fingerprint density at radius 3 is 1.86 bits per heavy atom. The van der Waals surface area contributed by atoms with Crippen molar-refractivity contribution < 1.29 is 4.79 Å². The van der Waals surface area contributed by atoms with Gasteiger partial charge in [-0.1, -0.05) is 0 Å². The Kier molecular flexibility index (Phi) is 4.44. The number of amides is 1. The lowest BCUT2D eigenvalue weighted by Crippen LogP contribution is -2.51. The summed E-state index contributed by atoms with van der Waals surface area (Å²) in [5.74, 6) is 0.487. The third-order valence-electron chi connectivity index (χ3n) is 2.28. The number of alkyl halides is 1. The molecule has 1 amide bonds. The van der Waals surface area contributed by atoms with Gasteiger partial charge < -0.3 is 4.90 Å². The van der Waals surface area contributed by atoms with Crippen molar-refractivity contribution in [3.63, 3.8) is 0 Å². The minimum absolute atomic E-state index is 0.127. The Morgan fingerprint density at radius 2 is 1.64 bits per heavy atom. The lowest BCUT2D eigenvalue weighted by atomic mass is 9.91. The van der Waals surface area contributed by atoms with E-state index in [-0.39, 0.29) is 11.4 Å². The van der Waals surface area contributed by atoms with Crippen LogP contribution in [0.15, 0.2) is 0 Å². The molecular weight excluding hydrogens is 198 g/mol. The minimum atomic E-state index is -0.467. The average molecular weight is 220 g/mol. The first-order valence-corrected chi connectivity index (χ1v) is 5.58. The second-order valence-electron chi connectivity index (χ2n) is 5.24. The number of carbonyl (C=O) groups is 1. The first kappa shape index (κ1) is 13.8. The highest BCUT2D eigenvalue weighted by Crippen LogP contribution is 2.25. The lowest BCUT2D eigenvalue weighted by molar-refractivity contribution is -0.143.